The van der Waals surface area contributed by atoms with Crippen LogP contribution in [0.15, 0.2) is 61.2 Å². The molecule has 2 rings (SSSR count). The minimum Gasteiger partial charge on any atom is -0.489 e. The van der Waals surface area contributed by atoms with Crippen LogP contribution < -0.4 is 10.1 Å². The smallest absolute Gasteiger partial charge is 0.124 e. The number of nitrogens with one attached hydrogen (secondary N) is 1. The molecule has 0 fully saturated rings. The Labute approximate surface area is 125 Å². The van der Waals surface area contributed by atoms with Gasteiger partial charge in [0.1, 0.15) is 18.2 Å². The second-order valence-electron chi connectivity index (χ2n) is 4.76. The molecule has 0 aromatic heterocycles. The van der Waals surface area contributed by atoms with Gasteiger partial charge in [0.2, 0.25) is 0 Å². The molecular formula is C18H20FNO. The number of para-hydroxylation sites is 1. The molecule has 0 aliphatic carbocycles. The third-order valence-electron chi connectivity index (χ3n) is 3.15. The van der Waals surface area contributed by atoms with Crippen molar-refractivity contribution in [3.05, 3.63) is 78.1 Å². The van der Waals surface area contributed by atoms with Crippen molar-refractivity contribution in [1.82, 2.24) is 5.32 Å². The number of rotatable bonds is 8. The Bertz CT molecular complexity index is 566. The van der Waals surface area contributed by atoms with Crippen LogP contribution in [0.1, 0.15) is 11.1 Å². The highest BCUT2D eigenvalue weighted by atomic mass is 19.1. The Hall–Kier alpha value is -2.13. The van der Waals surface area contributed by atoms with E-state index in [9.17, 15) is 4.39 Å². The molecule has 0 aliphatic heterocycles. The normalized spacial score (nSPS) is 10.3. The maximum Gasteiger partial charge on any atom is 0.124 e. The molecule has 0 aliphatic rings. The molecule has 0 radical (unpaired) electrons. The van der Waals surface area contributed by atoms with E-state index in [0.29, 0.717) is 6.61 Å². The molecule has 0 heterocycles. The first-order valence-corrected chi connectivity index (χ1v) is 7.06. The van der Waals surface area contributed by atoms with Gasteiger partial charge in [-0.1, -0.05) is 43.0 Å². The predicted octanol–water partition coefficient (Wildman–Crippen LogP) is 3.72. The summed E-state index contributed by atoms with van der Waals surface area (Å²) in [6.45, 7) is 5.74. The molecule has 0 bridgehead atoms. The first-order chi connectivity index (χ1) is 10.3. The lowest BCUT2D eigenvalue weighted by atomic mass is 10.1. The first-order valence-electron chi connectivity index (χ1n) is 7.06. The van der Waals surface area contributed by atoms with Gasteiger partial charge in [-0.15, -0.1) is 0 Å². The van der Waals surface area contributed by atoms with Crippen molar-refractivity contribution in [2.45, 2.75) is 13.0 Å². The van der Waals surface area contributed by atoms with Gasteiger partial charge in [-0.05, 0) is 36.7 Å². The summed E-state index contributed by atoms with van der Waals surface area (Å²) in [5.74, 6) is 0.687. The summed E-state index contributed by atoms with van der Waals surface area (Å²) < 4.78 is 18.4. The number of benzene rings is 2. The molecule has 2 nitrogen and oxygen atoms in total. The summed E-state index contributed by atoms with van der Waals surface area (Å²) in [4.78, 5) is 0. The maximum atomic E-state index is 12.8. The Morgan fingerprint density at radius 1 is 1.10 bits per heavy atom. The van der Waals surface area contributed by atoms with E-state index < -0.39 is 0 Å². The fourth-order valence-corrected chi connectivity index (χ4v) is 2.05. The zero-order valence-corrected chi connectivity index (χ0v) is 12.0. The van der Waals surface area contributed by atoms with Crippen LogP contribution in [-0.2, 0) is 13.0 Å². The Balaban J connectivity index is 1.80. The largest absolute Gasteiger partial charge is 0.489 e. The van der Waals surface area contributed by atoms with Crippen LogP contribution in [0.4, 0.5) is 4.39 Å². The van der Waals surface area contributed by atoms with Crippen LogP contribution >= 0.6 is 0 Å². The van der Waals surface area contributed by atoms with Gasteiger partial charge in [0.15, 0.2) is 0 Å². The van der Waals surface area contributed by atoms with Crippen molar-refractivity contribution in [3.63, 3.8) is 0 Å². The molecule has 0 spiro atoms. The van der Waals surface area contributed by atoms with Gasteiger partial charge in [0, 0.05) is 12.1 Å². The van der Waals surface area contributed by atoms with E-state index in [1.165, 1.54) is 12.1 Å². The van der Waals surface area contributed by atoms with Gasteiger partial charge < -0.3 is 10.1 Å². The van der Waals surface area contributed by atoms with Crippen LogP contribution in [0, 0.1) is 5.82 Å². The average Bonchev–Trinajstić information content (AvgIpc) is 2.52. The number of ether oxygens (including phenoxy) is 1. The molecule has 3 heteroatoms. The standard InChI is InChI=1S/C18H20FNO/c1-2-13-21-18-6-4-3-5-16(18)14-20-12-11-15-7-9-17(19)10-8-15/h2-10,20H,1,11-14H2. The van der Waals surface area contributed by atoms with Crippen molar-refractivity contribution in [1.29, 1.82) is 0 Å². The lowest BCUT2D eigenvalue weighted by Crippen LogP contribution is -2.17. The molecule has 2 aromatic carbocycles. The van der Waals surface area contributed by atoms with Crippen molar-refractivity contribution in [3.8, 4) is 5.75 Å². The van der Waals surface area contributed by atoms with Gasteiger partial charge in [0.25, 0.3) is 0 Å². The Kier molecular flexibility index (Phi) is 5.98. The van der Waals surface area contributed by atoms with Gasteiger partial charge >= 0.3 is 0 Å². The van der Waals surface area contributed by atoms with E-state index in [-0.39, 0.29) is 5.82 Å². The second-order valence-corrected chi connectivity index (χ2v) is 4.76. The van der Waals surface area contributed by atoms with Crippen molar-refractivity contribution < 1.29 is 9.13 Å². The third kappa shape index (κ3) is 5.04. The summed E-state index contributed by atoms with van der Waals surface area (Å²) in [6.07, 6.45) is 2.61. The Morgan fingerprint density at radius 2 is 1.86 bits per heavy atom. The summed E-state index contributed by atoms with van der Waals surface area (Å²) in [5, 5.41) is 3.38. The number of hydrogen-bond acceptors (Lipinski definition) is 2. The van der Waals surface area contributed by atoms with Crippen molar-refractivity contribution in [2.24, 2.45) is 0 Å². The van der Waals surface area contributed by atoms with Crippen LogP contribution in [0.3, 0.4) is 0 Å². The molecule has 0 amide bonds. The molecule has 110 valence electrons. The molecule has 0 saturated carbocycles. The third-order valence-corrected chi connectivity index (χ3v) is 3.15. The fourth-order valence-electron chi connectivity index (χ4n) is 2.05. The van der Waals surface area contributed by atoms with Crippen molar-refractivity contribution >= 4 is 0 Å². The molecule has 1 N–H and O–H groups in total. The predicted molar refractivity (Wildman–Crippen MR) is 83.9 cm³/mol. The van der Waals surface area contributed by atoms with Crippen molar-refractivity contribution in [2.75, 3.05) is 13.2 Å². The lowest BCUT2D eigenvalue weighted by molar-refractivity contribution is 0.358. The topological polar surface area (TPSA) is 21.3 Å². The molecule has 21 heavy (non-hydrogen) atoms. The van der Waals surface area contributed by atoms with E-state index >= 15 is 0 Å². The maximum absolute atomic E-state index is 12.8. The lowest BCUT2D eigenvalue weighted by Gasteiger charge is -2.11. The van der Waals surface area contributed by atoms with E-state index in [1.54, 1.807) is 6.08 Å². The quantitative estimate of drug-likeness (QED) is 0.589. The highest BCUT2D eigenvalue weighted by Crippen LogP contribution is 2.17. The first kappa shape index (κ1) is 15.3. The summed E-state index contributed by atoms with van der Waals surface area (Å²) >= 11 is 0. The van der Waals surface area contributed by atoms with Crippen LogP contribution in [-0.4, -0.2) is 13.2 Å². The zero-order valence-electron chi connectivity index (χ0n) is 12.0. The average molecular weight is 285 g/mol. The molecular weight excluding hydrogens is 265 g/mol. The minimum absolute atomic E-state index is 0.194. The second kappa shape index (κ2) is 8.22. The van der Waals surface area contributed by atoms with Gasteiger partial charge in [-0.3, -0.25) is 0 Å². The fraction of sp³-hybridized carbons (Fsp3) is 0.222. The van der Waals surface area contributed by atoms with E-state index in [1.807, 2.05) is 36.4 Å². The van der Waals surface area contributed by atoms with Gasteiger partial charge in [0.05, 0.1) is 0 Å². The van der Waals surface area contributed by atoms with E-state index in [2.05, 4.69) is 11.9 Å². The summed E-state index contributed by atoms with van der Waals surface area (Å²) in [7, 11) is 0. The van der Waals surface area contributed by atoms with Gasteiger partial charge in [-0.2, -0.15) is 0 Å². The SMILES string of the molecule is C=CCOc1ccccc1CNCCc1ccc(F)cc1. The highest BCUT2D eigenvalue weighted by molar-refractivity contribution is 5.33. The van der Waals surface area contributed by atoms with Crippen LogP contribution in [0.25, 0.3) is 0 Å². The van der Waals surface area contributed by atoms with Crippen LogP contribution in [0.5, 0.6) is 5.75 Å². The van der Waals surface area contributed by atoms with Crippen LogP contribution in [0.2, 0.25) is 0 Å². The monoisotopic (exact) mass is 285 g/mol. The van der Waals surface area contributed by atoms with E-state index in [4.69, 9.17) is 4.74 Å². The highest BCUT2D eigenvalue weighted by Gasteiger charge is 2.02. The number of hydrogen-bond donors (Lipinski definition) is 1. The zero-order chi connectivity index (χ0) is 14.9. The molecule has 2 aromatic rings. The van der Waals surface area contributed by atoms with E-state index in [0.717, 1.165) is 36.4 Å². The molecule has 0 atom stereocenters. The minimum atomic E-state index is -0.194. The van der Waals surface area contributed by atoms with Gasteiger partial charge in [-0.25, -0.2) is 4.39 Å². The summed E-state index contributed by atoms with van der Waals surface area (Å²) in [6, 6.07) is 14.6. The molecule has 0 saturated heterocycles. The molecule has 0 unspecified atom stereocenters. The Morgan fingerprint density at radius 3 is 2.62 bits per heavy atom. The number of halogens is 1. The summed E-state index contributed by atoms with van der Waals surface area (Å²) in [5.41, 5.74) is 2.25.